The highest BCUT2D eigenvalue weighted by molar-refractivity contribution is 9.10. The van der Waals surface area contributed by atoms with Crippen LogP contribution in [0.5, 0.6) is 17.2 Å². The third-order valence-corrected chi connectivity index (χ3v) is 7.36. The monoisotopic (exact) mass is 518 g/mol. The van der Waals surface area contributed by atoms with Gasteiger partial charge in [0.2, 0.25) is 6.79 Å². The second-order valence-electron chi connectivity index (χ2n) is 8.67. The number of para-hydroxylation sites is 2. The lowest BCUT2D eigenvalue weighted by Crippen LogP contribution is -2.27. The van der Waals surface area contributed by atoms with Crippen molar-refractivity contribution in [1.29, 1.82) is 0 Å². The molecule has 6 rings (SSSR count). The van der Waals surface area contributed by atoms with Gasteiger partial charge in [0, 0.05) is 22.2 Å². The molecule has 0 radical (unpaired) electrons. The molecule has 0 amide bonds. The number of rotatable bonds is 3. The van der Waals surface area contributed by atoms with Gasteiger partial charge in [0.25, 0.3) is 0 Å². The van der Waals surface area contributed by atoms with Crippen molar-refractivity contribution in [2.24, 2.45) is 0 Å². The number of hydrogen-bond donors (Lipinski definition) is 2. The van der Waals surface area contributed by atoms with Gasteiger partial charge in [0.05, 0.1) is 24.5 Å². The van der Waals surface area contributed by atoms with Crippen LogP contribution in [0, 0.1) is 0 Å². The topological polar surface area (TPSA) is 68.8 Å². The van der Waals surface area contributed by atoms with E-state index in [1.165, 1.54) is 0 Å². The predicted molar refractivity (Wildman–Crippen MR) is 134 cm³/mol. The van der Waals surface area contributed by atoms with E-state index in [1.807, 2.05) is 54.6 Å². The highest BCUT2D eigenvalue weighted by atomic mass is 79.9. The number of ketones is 1. The van der Waals surface area contributed by atoms with E-state index in [0.29, 0.717) is 17.9 Å². The molecule has 172 valence electrons. The molecule has 2 N–H and O–H groups in total. The minimum Gasteiger partial charge on any atom is -0.497 e. The second kappa shape index (κ2) is 8.40. The fraction of sp³-hybridized carbons (Fsp3) is 0.222. The normalized spacial score (nSPS) is 20.6. The average molecular weight is 519 g/mol. The quantitative estimate of drug-likeness (QED) is 0.432. The molecule has 2 aliphatic heterocycles. The number of Topliss-reactive ketones (excluding diaryl/α,β-unsaturated/α-hetero) is 1. The molecular formula is C27H23BrN2O4. The SMILES string of the molecule is COc1cccc([C@H]2CC(=O)C3=C(C2)Nc2ccccc2N[C@H]3c2cc3c(cc2Br)OCO3)c1. The fourth-order valence-corrected chi connectivity index (χ4v) is 5.56. The van der Waals surface area contributed by atoms with Gasteiger partial charge in [-0.05, 0) is 59.9 Å². The molecule has 3 aromatic carbocycles. The number of carbonyl (C=O) groups excluding carboxylic acids is 1. The Morgan fingerprint density at radius 1 is 0.971 bits per heavy atom. The van der Waals surface area contributed by atoms with Crippen LogP contribution in [0.2, 0.25) is 0 Å². The number of halogens is 1. The molecule has 0 spiro atoms. The van der Waals surface area contributed by atoms with Crippen molar-refractivity contribution in [2.45, 2.75) is 24.8 Å². The van der Waals surface area contributed by atoms with Gasteiger partial charge in [-0.25, -0.2) is 0 Å². The fourth-order valence-electron chi connectivity index (χ4n) is 5.01. The third-order valence-electron chi connectivity index (χ3n) is 6.68. The molecular weight excluding hydrogens is 496 g/mol. The zero-order valence-electron chi connectivity index (χ0n) is 18.6. The number of nitrogens with one attached hydrogen (secondary N) is 2. The van der Waals surface area contributed by atoms with Crippen molar-refractivity contribution < 1.29 is 19.0 Å². The second-order valence-corrected chi connectivity index (χ2v) is 9.53. The van der Waals surface area contributed by atoms with E-state index in [1.54, 1.807) is 7.11 Å². The highest BCUT2D eigenvalue weighted by Gasteiger charge is 2.37. The number of benzene rings is 3. The van der Waals surface area contributed by atoms with Gasteiger partial charge < -0.3 is 24.8 Å². The number of anilines is 2. The van der Waals surface area contributed by atoms with E-state index in [0.717, 1.165) is 50.4 Å². The summed E-state index contributed by atoms with van der Waals surface area (Å²) in [4.78, 5) is 13.8. The maximum absolute atomic E-state index is 13.8. The van der Waals surface area contributed by atoms with Crippen molar-refractivity contribution in [3.63, 3.8) is 0 Å². The van der Waals surface area contributed by atoms with Crippen LogP contribution in [-0.2, 0) is 4.79 Å². The van der Waals surface area contributed by atoms with E-state index in [-0.39, 0.29) is 24.5 Å². The van der Waals surface area contributed by atoms with E-state index in [9.17, 15) is 4.79 Å². The Hall–Kier alpha value is -3.45. The number of methoxy groups -OCH3 is 1. The molecule has 2 atom stereocenters. The van der Waals surface area contributed by atoms with E-state index in [4.69, 9.17) is 14.2 Å². The van der Waals surface area contributed by atoms with Gasteiger partial charge in [-0.1, -0.05) is 40.2 Å². The first-order valence-electron chi connectivity index (χ1n) is 11.2. The maximum Gasteiger partial charge on any atom is 0.231 e. The maximum atomic E-state index is 13.8. The first-order valence-corrected chi connectivity index (χ1v) is 12.0. The smallest absolute Gasteiger partial charge is 0.231 e. The van der Waals surface area contributed by atoms with Crippen molar-refractivity contribution >= 4 is 33.1 Å². The lowest BCUT2D eigenvalue weighted by atomic mass is 9.78. The number of hydrogen-bond acceptors (Lipinski definition) is 6. The summed E-state index contributed by atoms with van der Waals surface area (Å²) in [5.74, 6) is 2.37. The standard InChI is InChI=1S/C27H23BrN2O4/c1-32-17-6-4-5-15(9-17)16-10-22-26(23(31)11-16)27(30-21-8-3-2-7-20(21)29-22)18-12-24-25(13-19(18)28)34-14-33-24/h2-9,12-13,16,27,29-30H,10-11,14H2,1H3/t16-,27+/m1/s1. The molecule has 0 bridgehead atoms. The molecule has 7 heteroatoms. The van der Waals surface area contributed by atoms with Gasteiger partial charge >= 0.3 is 0 Å². The predicted octanol–water partition coefficient (Wildman–Crippen LogP) is 6.17. The average Bonchev–Trinajstić information content (AvgIpc) is 3.23. The van der Waals surface area contributed by atoms with Crippen LogP contribution < -0.4 is 24.8 Å². The molecule has 6 nitrogen and oxygen atoms in total. The Morgan fingerprint density at radius 3 is 2.59 bits per heavy atom. The molecule has 3 aromatic rings. The van der Waals surface area contributed by atoms with Crippen LogP contribution in [0.3, 0.4) is 0 Å². The number of ether oxygens (including phenoxy) is 3. The number of carbonyl (C=O) groups is 1. The van der Waals surface area contributed by atoms with Crippen LogP contribution in [0.15, 0.2) is 76.4 Å². The summed E-state index contributed by atoms with van der Waals surface area (Å²) < 4.78 is 17.5. The highest BCUT2D eigenvalue weighted by Crippen LogP contribution is 2.48. The third kappa shape index (κ3) is 3.60. The lowest BCUT2D eigenvalue weighted by Gasteiger charge is -2.30. The van der Waals surface area contributed by atoms with Crippen LogP contribution in [0.25, 0.3) is 0 Å². The van der Waals surface area contributed by atoms with Gasteiger partial charge in [0.1, 0.15) is 5.75 Å². The first-order chi connectivity index (χ1) is 16.6. The molecule has 2 heterocycles. The number of allylic oxidation sites excluding steroid dienone is 1. The minimum atomic E-state index is -0.339. The Labute approximate surface area is 206 Å². The zero-order chi connectivity index (χ0) is 23.2. The molecule has 0 aromatic heterocycles. The van der Waals surface area contributed by atoms with E-state index < -0.39 is 0 Å². The van der Waals surface area contributed by atoms with Gasteiger partial charge in [0.15, 0.2) is 17.3 Å². The molecule has 3 aliphatic rings. The van der Waals surface area contributed by atoms with Crippen LogP contribution in [0.1, 0.15) is 35.9 Å². The molecule has 0 fully saturated rings. The Morgan fingerprint density at radius 2 is 1.76 bits per heavy atom. The van der Waals surface area contributed by atoms with Gasteiger partial charge in [-0.15, -0.1) is 0 Å². The molecule has 0 unspecified atom stereocenters. The van der Waals surface area contributed by atoms with Crippen molar-refractivity contribution in [3.05, 3.63) is 87.5 Å². The molecule has 0 saturated heterocycles. The summed E-state index contributed by atoms with van der Waals surface area (Å²) in [5, 5.41) is 7.21. The lowest BCUT2D eigenvalue weighted by molar-refractivity contribution is -0.116. The van der Waals surface area contributed by atoms with E-state index in [2.05, 4.69) is 32.6 Å². The summed E-state index contributed by atoms with van der Waals surface area (Å²) in [5.41, 5.74) is 5.63. The largest absolute Gasteiger partial charge is 0.497 e. The molecule has 34 heavy (non-hydrogen) atoms. The van der Waals surface area contributed by atoms with Crippen LogP contribution in [-0.4, -0.2) is 19.7 Å². The summed E-state index contributed by atoms with van der Waals surface area (Å²) in [6, 6.07) is 19.6. The Balaban J connectivity index is 1.47. The van der Waals surface area contributed by atoms with Crippen LogP contribution in [0.4, 0.5) is 11.4 Å². The molecule has 1 aliphatic carbocycles. The van der Waals surface area contributed by atoms with Crippen molar-refractivity contribution in [3.8, 4) is 17.2 Å². The van der Waals surface area contributed by atoms with Crippen molar-refractivity contribution in [2.75, 3.05) is 24.5 Å². The number of fused-ring (bicyclic) bond motifs is 2. The van der Waals surface area contributed by atoms with Gasteiger partial charge in [-0.2, -0.15) is 0 Å². The Bertz CT molecular complexity index is 1340. The molecule has 0 saturated carbocycles. The van der Waals surface area contributed by atoms with Gasteiger partial charge in [-0.3, -0.25) is 4.79 Å². The zero-order valence-corrected chi connectivity index (χ0v) is 20.1. The summed E-state index contributed by atoms with van der Waals surface area (Å²) in [7, 11) is 1.66. The van der Waals surface area contributed by atoms with Crippen LogP contribution >= 0.6 is 15.9 Å². The summed E-state index contributed by atoms with van der Waals surface area (Å²) in [6.45, 7) is 0.197. The minimum absolute atomic E-state index is 0.0694. The summed E-state index contributed by atoms with van der Waals surface area (Å²) in [6.07, 6.45) is 1.16. The summed E-state index contributed by atoms with van der Waals surface area (Å²) >= 11 is 3.71. The first kappa shape index (κ1) is 21.1. The van der Waals surface area contributed by atoms with E-state index >= 15 is 0 Å². The Kier molecular flexibility index (Phi) is 5.21. The van der Waals surface area contributed by atoms with Crippen molar-refractivity contribution in [1.82, 2.24) is 0 Å².